The monoisotopic (exact) mass is 424 g/mol. The second kappa shape index (κ2) is 8.41. The Labute approximate surface area is 180 Å². The van der Waals surface area contributed by atoms with Gasteiger partial charge in [0.1, 0.15) is 17.3 Å². The first-order valence-electron chi connectivity index (χ1n) is 10.5. The summed E-state index contributed by atoms with van der Waals surface area (Å²) >= 11 is 0. The normalized spacial score (nSPS) is 14.9. The van der Waals surface area contributed by atoms with Gasteiger partial charge in [0.2, 0.25) is 0 Å². The van der Waals surface area contributed by atoms with E-state index in [1.807, 2.05) is 43.0 Å². The first-order valence-corrected chi connectivity index (χ1v) is 10.5. The van der Waals surface area contributed by atoms with Gasteiger partial charge in [0.15, 0.2) is 0 Å². The van der Waals surface area contributed by atoms with Gasteiger partial charge in [0, 0.05) is 37.7 Å². The van der Waals surface area contributed by atoms with Crippen LogP contribution in [0, 0.1) is 0 Å². The Morgan fingerprint density at radius 2 is 1.97 bits per heavy atom. The fraction of sp³-hybridized carbons (Fsp3) is 0.455. The van der Waals surface area contributed by atoms with Gasteiger partial charge in [-0.3, -0.25) is 14.5 Å². The maximum Gasteiger partial charge on any atom is 0.345 e. The van der Waals surface area contributed by atoms with Gasteiger partial charge in [0.05, 0.1) is 12.8 Å². The molecular weight excluding hydrogens is 396 g/mol. The van der Waals surface area contributed by atoms with Crippen molar-refractivity contribution in [3.63, 3.8) is 0 Å². The lowest BCUT2D eigenvalue weighted by Crippen LogP contribution is -2.39. The average molecular weight is 425 g/mol. The first kappa shape index (κ1) is 20.9. The molecule has 3 heterocycles. The van der Waals surface area contributed by atoms with Crippen molar-refractivity contribution in [3.8, 4) is 17.0 Å². The lowest BCUT2D eigenvalue weighted by atomic mass is 9.95. The molecule has 1 aliphatic rings. The predicted molar refractivity (Wildman–Crippen MR) is 116 cm³/mol. The van der Waals surface area contributed by atoms with E-state index >= 15 is 0 Å². The van der Waals surface area contributed by atoms with Gasteiger partial charge in [-0.1, -0.05) is 12.1 Å². The molecule has 0 spiro atoms. The van der Waals surface area contributed by atoms with Gasteiger partial charge in [-0.15, -0.1) is 0 Å². The van der Waals surface area contributed by atoms with Crippen LogP contribution in [0.25, 0.3) is 11.3 Å². The number of piperidine rings is 1. The summed E-state index contributed by atoms with van der Waals surface area (Å²) in [4.78, 5) is 27.2. The minimum atomic E-state index is -0.0916. The number of nitrogens with zero attached hydrogens (tertiary/aromatic N) is 5. The molecule has 3 aromatic rings. The lowest BCUT2D eigenvalue weighted by molar-refractivity contribution is 0.0703. The van der Waals surface area contributed by atoms with Crippen LogP contribution in [0.3, 0.4) is 0 Å². The zero-order valence-electron chi connectivity index (χ0n) is 18.3. The zero-order valence-corrected chi connectivity index (χ0v) is 18.3. The van der Waals surface area contributed by atoms with Crippen LogP contribution in [-0.2, 0) is 7.05 Å². The van der Waals surface area contributed by atoms with Crippen molar-refractivity contribution in [2.45, 2.75) is 38.6 Å². The number of H-pyrrole nitrogens is 1. The van der Waals surface area contributed by atoms with Crippen LogP contribution in [0.5, 0.6) is 5.75 Å². The highest BCUT2D eigenvalue weighted by Crippen LogP contribution is 2.29. The molecule has 31 heavy (non-hydrogen) atoms. The third-order valence-corrected chi connectivity index (χ3v) is 5.82. The maximum absolute atomic E-state index is 13.0. The van der Waals surface area contributed by atoms with E-state index in [4.69, 9.17) is 4.74 Å². The number of nitrogens with one attached hydrogen (secondary N) is 1. The first-order chi connectivity index (χ1) is 14.9. The molecule has 4 rings (SSSR count). The summed E-state index contributed by atoms with van der Waals surface area (Å²) < 4.78 is 8.42. The van der Waals surface area contributed by atoms with E-state index in [2.05, 4.69) is 15.3 Å². The third kappa shape index (κ3) is 3.99. The number of carbonyl (C=O) groups excluding carboxylic acids is 1. The van der Waals surface area contributed by atoms with Crippen LogP contribution in [0.4, 0.5) is 0 Å². The van der Waals surface area contributed by atoms with Crippen LogP contribution < -0.4 is 10.4 Å². The summed E-state index contributed by atoms with van der Waals surface area (Å²) in [5.41, 5.74) is 1.96. The number of benzene rings is 1. The second-order valence-electron chi connectivity index (χ2n) is 8.19. The highest BCUT2D eigenvalue weighted by molar-refractivity contribution is 5.93. The molecule has 0 radical (unpaired) electrons. The number of hydrogen-bond acceptors (Lipinski definition) is 5. The van der Waals surface area contributed by atoms with Crippen molar-refractivity contribution in [1.29, 1.82) is 0 Å². The number of ether oxygens (including phenoxy) is 1. The van der Waals surface area contributed by atoms with Crippen LogP contribution >= 0.6 is 0 Å². The molecule has 1 amide bonds. The molecule has 1 fully saturated rings. The molecule has 9 heteroatoms. The molecule has 0 aliphatic carbocycles. The minimum Gasteiger partial charge on any atom is -0.497 e. The highest BCUT2D eigenvalue weighted by atomic mass is 16.5. The second-order valence-corrected chi connectivity index (χ2v) is 8.19. The number of amides is 1. The van der Waals surface area contributed by atoms with E-state index in [1.54, 1.807) is 24.8 Å². The van der Waals surface area contributed by atoms with E-state index in [1.165, 1.54) is 4.68 Å². The van der Waals surface area contributed by atoms with E-state index in [0.29, 0.717) is 24.5 Å². The quantitative estimate of drug-likeness (QED) is 0.679. The molecule has 1 aliphatic heterocycles. The number of aromatic nitrogens is 5. The van der Waals surface area contributed by atoms with Crippen molar-refractivity contribution in [3.05, 3.63) is 52.3 Å². The van der Waals surface area contributed by atoms with Gasteiger partial charge < -0.3 is 9.64 Å². The van der Waals surface area contributed by atoms with Crippen LogP contribution in [0.1, 0.15) is 55.0 Å². The van der Waals surface area contributed by atoms with Gasteiger partial charge in [-0.25, -0.2) is 9.48 Å². The fourth-order valence-electron chi connectivity index (χ4n) is 4.13. The summed E-state index contributed by atoms with van der Waals surface area (Å²) in [7, 11) is 3.30. The SMILES string of the molecule is COc1cccc(-c2cc(C(=O)N3CCC(c4nn(C)c(=O)n4C(C)C)CC3)[nH]n2)c1. The van der Waals surface area contributed by atoms with Crippen LogP contribution in [0.15, 0.2) is 35.1 Å². The smallest absolute Gasteiger partial charge is 0.345 e. The number of aryl methyl sites for hydroxylation is 1. The van der Waals surface area contributed by atoms with Crippen LogP contribution in [-0.4, -0.2) is 55.6 Å². The molecule has 0 atom stereocenters. The molecular formula is C22H28N6O3. The van der Waals surface area contributed by atoms with Gasteiger partial charge in [-0.05, 0) is 44.9 Å². The number of carbonyl (C=O) groups is 1. The van der Waals surface area contributed by atoms with Crippen LogP contribution in [0.2, 0.25) is 0 Å². The Bertz CT molecular complexity index is 1130. The molecule has 164 valence electrons. The fourth-order valence-corrected chi connectivity index (χ4v) is 4.13. The lowest BCUT2D eigenvalue weighted by Gasteiger charge is -2.31. The Morgan fingerprint density at radius 3 is 2.65 bits per heavy atom. The average Bonchev–Trinajstić information content (AvgIpc) is 3.39. The molecule has 9 nitrogen and oxygen atoms in total. The number of likely N-dealkylation sites (tertiary alicyclic amines) is 1. The Hall–Kier alpha value is -3.36. The van der Waals surface area contributed by atoms with E-state index in [9.17, 15) is 9.59 Å². The summed E-state index contributed by atoms with van der Waals surface area (Å²) in [6, 6.07) is 9.40. The van der Waals surface area contributed by atoms with Gasteiger partial charge >= 0.3 is 5.69 Å². The molecule has 0 unspecified atom stereocenters. The third-order valence-electron chi connectivity index (χ3n) is 5.82. The Morgan fingerprint density at radius 1 is 1.23 bits per heavy atom. The molecule has 0 bridgehead atoms. The predicted octanol–water partition coefficient (Wildman–Crippen LogP) is 2.58. The van der Waals surface area contributed by atoms with Crippen molar-refractivity contribution in [2.24, 2.45) is 7.05 Å². The Kier molecular flexibility index (Phi) is 5.67. The van der Waals surface area contributed by atoms with Gasteiger partial charge in [0.25, 0.3) is 5.91 Å². The molecule has 2 aromatic heterocycles. The number of methoxy groups -OCH3 is 1. The van der Waals surface area contributed by atoms with Crippen molar-refractivity contribution < 1.29 is 9.53 Å². The standard InChI is InChI=1S/C22H28N6O3/c1-14(2)28-20(25-26(3)22(28)30)15-8-10-27(11-9-15)21(29)19-13-18(23-24-19)16-6-5-7-17(12-16)31-4/h5-7,12-15H,8-11H2,1-4H3,(H,23,24). The summed E-state index contributed by atoms with van der Waals surface area (Å²) in [5, 5.41) is 11.6. The highest BCUT2D eigenvalue weighted by Gasteiger charge is 2.30. The molecule has 1 N–H and O–H groups in total. The summed E-state index contributed by atoms with van der Waals surface area (Å²) in [6.07, 6.45) is 1.54. The minimum absolute atomic E-state index is 0.0517. The maximum atomic E-state index is 13.0. The van der Waals surface area contributed by atoms with Gasteiger partial charge in [-0.2, -0.15) is 10.2 Å². The Balaban J connectivity index is 1.45. The number of aromatic amines is 1. The number of rotatable bonds is 5. The topological polar surface area (TPSA) is 98.0 Å². The van der Waals surface area contributed by atoms with Crippen molar-refractivity contribution >= 4 is 5.91 Å². The summed E-state index contributed by atoms with van der Waals surface area (Å²) in [5.74, 6) is 1.65. The van der Waals surface area contributed by atoms with E-state index in [-0.39, 0.29) is 23.6 Å². The van der Waals surface area contributed by atoms with Crippen molar-refractivity contribution in [1.82, 2.24) is 29.4 Å². The largest absolute Gasteiger partial charge is 0.497 e. The number of hydrogen-bond donors (Lipinski definition) is 1. The van der Waals surface area contributed by atoms with Crippen molar-refractivity contribution in [2.75, 3.05) is 20.2 Å². The molecule has 0 saturated carbocycles. The van der Waals surface area contributed by atoms with E-state index < -0.39 is 0 Å². The van der Waals surface area contributed by atoms with E-state index in [0.717, 1.165) is 30.0 Å². The molecule has 1 aromatic carbocycles. The molecule has 1 saturated heterocycles. The summed E-state index contributed by atoms with van der Waals surface area (Å²) in [6.45, 7) is 5.20. The zero-order chi connectivity index (χ0) is 22.1.